The van der Waals surface area contributed by atoms with Crippen LogP contribution >= 0.6 is 11.3 Å². The number of nitrogens with two attached hydrogens (primary N) is 1. The zero-order valence-electron chi connectivity index (χ0n) is 8.21. The maximum absolute atomic E-state index is 13.2. The molecule has 3 N–H and O–H groups in total. The average Bonchev–Trinajstić information content (AvgIpc) is 2.66. The molecule has 0 amide bonds. The Kier molecular flexibility index (Phi) is 3.00. The van der Waals surface area contributed by atoms with Crippen LogP contribution in [0.1, 0.15) is 5.56 Å². The fourth-order valence-corrected chi connectivity index (χ4v) is 1.80. The van der Waals surface area contributed by atoms with Gasteiger partial charge in [-0.3, -0.25) is 0 Å². The van der Waals surface area contributed by atoms with E-state index in [9.17, 15) is 8.78 Å². The monoisotopic (exact) mass is 241 g/mol. The Bertz CT molecular complexity index is 499. The quantitative estimate of drug-likeness (QED) is 0.868. The molecular formula is C10H9F2N3S. The first kappa shape index (κ1) is 10.8. The van der Waals surface area contributed by atoms with E-state index in [1.165, 1.54) is 17.5 Å². The van der Waals surface area contributed by atoms with E-state index in [1.807, 2.05) is 0 Å². The van der Waals surface area contributed by atoms with Gasteiger partial charge in [-0.2, -0.15) is 0 Å². The second-order valence-corrected chi connectivity index (χ2v) is 4.22. The molecule has 0 saturated heterocycles. The molecule has 0 radical (unpaired) electrons. The van der Waals surface area contributed by atoms with Crippen molar-refractivity contribution >= 4 is 21.5 Å². The third kappa shape index (κ3) is 2.46. The summed E-state index contributed by atoms with van der Waals surface area (Å²) in [5, 5.41) is 4.03. The van der Waals surface area contributed by atoms with Crippen LogP contribution in [0.25, 0.3) is 0 Å². The van der Waals surface area contributed by atoms with Gasteiger partial charge in [0.05, 0.1) is 6.20 Å². The summed E-state index contributed by atoms with van der Waals surface area (Å²) in [5.41, 5.74) is 5.74. The van der Waals surface area contributed by atoms with E-state index in [2.05, 4.69) is 10.3 Å². The number of anilines is 2. The summed E-state index contributed by atoms with van der Waals surface area (Å²) in [4.78, 5) is 3.95. The maximum atomic E-state index is 13.2. The number of benzene rings is 1. The Morgan fingerprint density at radius 2 is 2.19 bits per heavy atom. The van der Waals surface area contributed by atoms with Gasteiger partial charge in [0.2, 0.25) is 0 Å². The SMILES string of the molecule is Nc1cnc(NCc2cc(F)ccc2F)s1. The molecular weight excluding hydrogens is 232 g/mol. The van der Waals surface area contributed by atoms with Gasteiger partial charge in [0.15, 0.2) is 5.13 Å². The van der Waals surface area contributed by atoms with Gasteiger partial charge in [-0.05, 0) is 18.2 Å². The first-order valence-electron chi connectivity index (χ1n) is 4.54. The molecule has 1 aromatic heterocycles. The Morgan fingerprint density at radius 1 is 1.38 bits per heavy atom. The number of hydrogen-bond acceptors (Lipinski definition) is 4. The smallest absolute Gasteiger partial charge is 0.184 e. The van der Waals surface area contributed by atoms with Crippen LogP contribution < -0.4 is 11.1 Å². The van der Waals surface area contributed by atoms with Crippen molar-refractivity contribution in [2.75, 3.05) is 11.1 Å². The summed E-state index contributed by atoms with van der Waals surface area (Å²) >= 11 is 1.26. The lowest BCUT2D eigenvalue weighted by Gasteiger charge is -2.04. The van der Waals surface area contributed by atoms with Crippen LogP contribution in [-0.4, -0.2) is 4.98 Å². The van der Waals surface area contributed by atoms with Crippen LogP contribution in [0.4, 0.5) is 18.9 Å². The lowest BCUT2D eigenvalue weighted by Crippen LogP contribution is -2.01. The van der Waals surface area contributed by atoms with E-state index < -0.39 is 11.6 Å². The van der Waals surface area contributed by atoms with Gasteiger partial charge >= 0.3 is 0 Å². The molecule has 0 bridgehead atoms. The van der Waals surface area contributed by atoms with Crippen LogP contribution in [0.15, 0.2) is 24.4 Å². The Balaban J connectivity index is 2.07. The van der Waals surface area contributed by atoms with Crippen molar-refractivity contribution in [2.24, 2.45) is 0 Å². The van der Waals surface area contributed by atoms with E-state index in [0.717, 1.165) is 18.2 Å². The number of rotatable bonds is 3. The Hall–Kier alpha value is -1.69. The van der Waals surface area contributed by atoms with Crippen molar-refractivity contribution in [1.82, 2.24) is 4.98 Å². The predicted molar refractivity (Wildman–Crippen MR) is 60.2 cm³/mol. The van der Waals surface area contributed by atoms with Crippen molar-refractivity contribution in [3.8, 4) is 0 Å². The highest BCUT2D eigenvalue weighted by Crippen LogP contribution is 2.20. The molecule has 0 fully saturated rings. The van der Waals surface area contributed by atoms with Crippen LogP contribution in [0.5, 0.6) is 0 Å². The highest BCUT2D eigenvalue weighted by atomic mass is 32.1. The molecule has 2 rings (SSSR count). The summed E-state index contributed by atoms with van der Waals surface area (Å²) in [5.74, 6) is -0.907. The minimum Gasteiger partial charge on any atom is -0.389 e. The zero-order chi connectivity index (χ0) is 11.5. The molecule has 6 heteroatoms. The second kappa shape index (κ2) is 4.44. The minimum atomic E-state index is -0.461. The molecule has 1 heterocycles. The maximum Gasteiger partial charge on any atom is 0.184 e. The van der Waals surface area contributed by atoms with Gasteiger partial charge in [-0.25, -0.2) is 13.8 Å². The average molecular weight is 241 g/mol. The first-order chi connectivity index (χ1) is 7.65. The van der Waals surface area contributed by atoms with Crippen molar-refractivity contribution < 1.29 is 8.78 Å². The highest BCUT2D eigenvalue weighted by molar-refractivity contribution is 7.19. The van der Waals surface area contributed by atoms with Gasteiger partial charge in [-0.15, -0.1) is 0 Å². The molecule has 0 aliphatic rings. The molecule has 3 nitrogen and oxygen atoms in total. The fraction of sp³-hybridized carbons (Fsp3) is 0.100. The number of nitrogens with zero attached hydrogens (tertiary/aromatic N) is 1. The molecule has 0 saturated carbocycles. The molecule has 0 aliphatic heterocycles. The number of thiazole rings is 1. The second-order valence-electron chi connectivity index (χ2n) is 3.16. The zero-order valence-corrected chi connectivity index (χ0v) is 9.02. The van der Waals surface area contributed by atoms with Crippen LogP contribution in [0.2, 0.25) is 0 Å². The summed E-state index contributed by atoms with van der Waals surface area (Å²) in [6, 6.07) is 3.34. The van der Waals surface area contributed by atoms with Crippen molar-refractivity contribution in [3.05, 3.63) is 41.6 Å². The molecule has 16 heavy (non-hydrogen) atoms. The molecule has 0 spiro atoms. The fourth-order valence-electron chi connectivity index (χ4n) is 1.22. The molecule has 2 aromatic rings. The summed E-state index contributed by atoms with van der Waals surface area (Å²) in [6.45, 7) is 0.177. The van der Waals surface area contributed by atoms with E-state index >= 15 is 0 Å². The number of halogens is 2. The number of nitrogen functional groups attached to an aromatic ring is 1. The van der Waals surface area contributed by atoms with E-state index in [0.29, 0.717) is 10.1 Å². The first-order valence-corrected chi connectivity index (χ1v) is 5.36. The summed E-state index contributed by atoms with van der Waals surface area (Å²) < 4.78 is 26.1. The molecule has 1 aromatic carbocycles. The van der Waals surface area contributed by atoms with Gasteiger partial charge in [0.25, 0.3) is 0 Å². The minimum absolute atomic E-state index is 0.177. The van der Waals surface area contributed by atoms with Crippen LogP contribution in [0.3, 0.4) is 0 Å². The standard InChI is InChI=1S/C10H9F2N3S/c11-7-1-2-8(12)6(3-7)4-14-10-15-5-9(13)16-10/h1-3,5H,4,13H2,(H,14,15). The Labute approximate surface area is 94.9 Å². The number of aromatic nitrogens is 1. The van der Waals surface area contributed by atoms with Gasteiger partial charge in [-0.1, -0.05) is 11.3 Å². The Morgan fingerprint density at radius 3 is 2.88 bits per heavy atom. The number of hydrogen-bond donors (Lipinski definition) is 2. The van der Waals surface area contributed by atoms with Gasteiger partial charge in [0.1, 0.15) is 16.6 Å². The van der Waals surface area contributed by atoms with Crippen molar-refractivity contribution in [3.63, 3.8) is 0 Å². The summed E-state index contributed by atoms with van der Waals surface area (Å²) in [7, 11) is 0. The predicted octanol–water partition coefficient (Wildman–Crippen LogP) is 2.62. The number of nitrogens with one attached hydrogen (secondary N) is 1. The third-order valence-electron chi connectivity index (χ3n) is 1.96. The van der Waals surface area contributed by atoms with E-state index in [4.69, 9.17) is 5.73 Å². The molecule has 84 valence electrons. The molecule has 0 atom stereocenters. The van der Waals surface area contributed by atoms with E-state index in [1.54, 1.807) is 0 Å². The lowest BCUT2D eigenvalue weighted by atomic mass is 10.2. The van der Waals surface area contributed by atoms with Crippen LogP contribution in [0, 0.1) is 11.6 Å². The lowest BCUT2D eigenvalue weighted by molar-refractivity contribution is 0.587. The van der Waals surface area contributed by atoms with Crippen molar-refractivity contribution in [1.29, 1.82) is 0 Å². The topological polar surface area (TPSA) is 50.9 Å². The van der Waals surface area contributed by atoms with Crippen LogP contribution in [-0.2, 0) is 6.54 Å². The summed E-state index contributed by atoms with van der Waals surface area (Å²) in [6.07, 6.45) is 1.51. The normalized spacial score (nSPS) is 10.4. The third-order valence-corrected chi connectivity index (χ3v) is 2.75. The van der Waals surface area contributed by atoms with Gasteiger partial charge in [0, 0.05) is 12.1 Å². The van der Waals surface area contributed by atoms with Gasteiger partial charge < -0.3 is 11.1 Å². The highest BCUT2D eigenvalue weighted by Gasteiger charge is 2.04. The van der Waals surface area contributed by atoms with E-state index in [-0.39, 0.29) is 12.1 Å². The molecule has 0 aliphatic carbocycles. The largest absolute Gasteiger partial charge is 0.389 e. The molecule has 0 unspecified atom stereocenters. The van der Waals surface area contributed by atoms with Crippen molar-refractivity contribution in [2.45, 2.75) is 6.54 Å².